The van der Waals surface area contributed by atoms with Crippen LogP contribution < -0.4 is 4.74 Å². The summed E-state index contributed by atoms with van der Waals surface area (Å²) in [7, 11) is 0. The Hall–Kier alpha value is -1.55. The third-order valence-electron chi connectivity index (χ3n) is 3.98. The molecule has 0 unspecified atom stereocenters. The van der Waals surface area contributed by atoms with E-state index in [-0.39, 0.29) is 23.7 Å². The molecule has 1 amide bonds. The molecule has 1 aliphatic heterocycles. The highest BCUT2D eigenvalue weighted by Gasteiger charge is 2.29. The van der Waals surface area contributed by atoms with Crippen LogP contribution in [0, 0.1) is 18.8 Å². The number of piperidine rings is 1. The molecule has 0 N–H and O–H groups in total. The molecule has 0 radical (unpaired) electrons. The summed E-state index contributed by atoms with van der Waals surface area (Å²) in [4.78, 5) is 26.0. The Morgan fingerprint density at radius 1 is 1.27 bits per heavy atom. The Labute approximate surface area is 136 Å². The van der Waals surface area contributed by atoms with Gasteiger partial charge in [-0.05, 0) is 43.5 Å². The molecule has 1 aliphatic rings. The van der Waals surface area contributed by atoms with Crippen molar-refractivity contribution in [3.05, 3.63) is 28.8 Å². The van der Waals surface area contributed by atoms with Gasteiger partial charge in [-0.25, -0.2) is 0 Å². The zero-order valence-corrected chi connectivity index (χ0v) is 14.0. The minimum Gasteiger partial charge on any atom is -0.426 e. The number of halogens is 1. The van der Waals surface area contributed by atoms with Crippen LogP contribution >= 0.6 is 11.6 Å². The van der Waals surface area contributed by atoms with E-state index in [9.17, 15) is 9.59 Å². The van der Waals surface area contributed by atoms with Gasteiger partial charge >= 0.3 is 5.97 Å². The maximum Gasteiger partial charge on any atom is 0.314 e. The van der Waals surface area contributed by atoms with Gasteiger partial charge in [0.15, 0.2) is 0 Å². The van der Waals surface area contributed by atoms with Crippen LogP contribution in [0.2, 0.25) is 5.02 Å². The summed E-state index contributed by atoms with van der Waals surface area (Å²) in [6, 6.07) is 5.20. The lowest BCUT2D eigenvalue weighted by atomic mass is 9.96. The first-order valence-electron chi connectivity index (χ1n) is 7.65. The van der Waals surface area contributed by atoms with Crippen molar-refractivity contribution in [3.63, 3.8) is 0 Å². The van der Waals surface area contributed by atoms with Crippen LogP contribution in [0.3, 0.4) is 0 Å². The Balaban J connectivity index is 1.91. The molecule has 22 heavy (non-hydrogen) atoms. The molecule has 1 fully saturated rings. The summed E-state index contributed by atoms with van der Waals surface area (Å²) in [5, 5.41) is 0.623. The van der Waals surface area contributed by atoms with Gasteiger partial charge in [0.1, 0.15) is 5.75 Å². The highest BCUT2D eigenvalue weighted by Crippen LogP contribution is 2.25. The lowest BCUT2D eigenvalue weighted by molar-refractivity contribution is -0.144. The Kier molecular flexibility index (Phi) is 5.46. The van der Waals surface area contributed by atoms with Crippen molar-refractivity contribution in [1.82, 2.24) is 4.90 Å². The largest absolute Gasteiger partial charge is 0.426 e. The number of rotatable bonds is 3. The molecule has 0 aromatic heterocycles. The monoisotopic (exact) mass is 323 g/mol. The van der Waals surface area contributed by atoms with E-state index >= 15 is 0 Å². The first-order valence-corrected chi connectivity index (χ1v) is 8.03. The molecule has 120 valence electrons. The zero-order valence-electron chi connectivity index (χ0n) is 13.3. The predicted molar refractivity (Wildman–Crippen MR) is 86.0 cm³/mol. The van der Waals surface area contributed by atoms with Crippen LogP contribution in [0.1, 0.15) is 32.3 Å². The molecule has 0 bridgehead atoms. The number of carbonyl (C=O) groups excluding carboxylic acids is 2. The number of hydrogen-bond acceptors (Lipinski definition) is 3. The fourth-order valence-electron chi connectivity index (χ4n) is 2.62. The van der Waals surface area contributed by atoms with E-state index in [2.05, 4.69) is 0 Å². The molecule has 1 aromatic carbocycles. The van der Waals surface area contributed by atoms with Crippen LogP contribution in [0.4, 0.5) is 0 Å². The summed E-state index contributed by atoms with van der Waals surface area (Å²) in [6.07, 6.45) is 1.31. The normalized spacial score (nSPS) is 16.0. The minimum absolute atomic E-state index is 0.000202. The van der Waals surface area contributed by atoms with Gasteiger partial charge in [0.05, 0.1) is 5.92 Å². The molecule has 5 heteroatoms. The molecular formula is C17H22ClNO3. The van der Waals surface area contributed by atoms with E-state index in [1.165, 1.54) is 0 Å². The topological polar surface area (TPSA) is 46.6 Å². The number of benzene rings is 1. The fourth-order valence-corrected chi connectivity index (χ4v) is 2.85. The molecule has 0 spiro atoms. The van der Waals surface area contributed by atoms with Crippen LogP contribution in [-0.4, -0.2) is 29.9 Å². The van der Waals surface area contributed by atoms with Gasteiger partial charge in [0.25, 0.3) is 0 Å². The highest BCUT2D eigenvalue weighted by atomic mass is 35.5. The molecule has 0 atom stereocenters. The molecule has 0 aliphatic carbocycles. The fraction of sp³-hybridized carbons (Fsp3) is 0.529. The van der Waals surface area contributed by atoms with Crippen molar-refractivity contribution in [2.45, 2.75) is 33.6 Å². The number of likely N-dealkylation sites (tertiary alicyclic amines) is 1. The van der Waals surface area contributed by atoms with Gasteiger partial charge in [0, 0.05) is 24.0 Å². The molecule has 0 saturated carbocycles. The molecule has 1 aromatic rings. The third-order valence-corrected chi connectivity index (χ3v) is 4.22. The summed E-state index contributed by atoms with van der Waals surface area (Å²) in [5.74, 6) is 0.337. The van der Waals surface area contributed by atoms with Crippen LogP contribution in [0.5, 0.6) is 5.75 Å². The average Bonchev–Trinajstić information content (AvgIpc) is 2.49. The molecule has 1 heterocycles. The number of esters is 1. The van der Waals surface area contributed by atoms with Gasteiger partial charge in [0.2, 0.25) is 5.91 Å². The van der Waals surface area contributed by atoms with E-state index in [1.54, 1.807) is 18.2 Å². The quantitative estimate of drug-likeness (QED) is 0.632. The second kappa shape index (κ2) is 7.14. The number of amides is 1. The highest BCUT2D eigenvalue weighted by molar-refractivity contribution is 6.30. The zero-order chi connectivity index (χ0) is 16.3. The van der Waals surface area contributed by atoms with Gasteiger partial charge in [-0.3, -0.25) is 9.59 Å². The van der Waals surface area contributed by atoms with Crippen molar-refractivity contribution in [1.29, 1.82) is 0 Å². The molecular weight excluding hydrogens is 302 g/mol. The maximum absolute atomic E-state index is 12.3. The minimum atomic E-state index is -0.220. The van der Waals surface area contributed by atoms with Crippen molar-refractivity contribution in [2.75, 3.05) is 13.1 Å². The van der Waals surface area contributed by atoms with Crippen molar-refractivity contribution in [2.24, 2.45) is 11.8 Å². The number of hydrogen-bond donors (Lipinski definition) is 0. The Bertz CT molecular complexity index is 563. The van der Waals surface area contributed by atoms with Crippen molar-refractivity contribution < 1.29 is 14.3 Å². The van der Waals surface area contributed by atoms with Crippen LogP contribution in [0.15, 0.2) is 18.2 Å². The van der Waals surface area contributed by atoms with Gasteiger partial charge in [-0.2, -0.15) is 0 Å². The van der Waals surface area contributed by atoms with Crippen molar-refractivity contribution in [3.8, 4) is 5.75 Å². The molecule has 1 saturated heterocycles. The Morgan fingerprint density at radius 3 is 2.45 bits per heavy atom. The lowest BCUT2D eigenvalue weighted by Gasteiger charge is -2.32. The van der Waals surface area contributed by atoms with Gasteiger partial charge in [-0.15, -0.1) is 0 Å². The lowest BCUT2D eigenvalue weighted by Crippen LogP contribution is -2.42. The van der Waals surface area contributed by atoms with Crippen LogP contribution in [-0.2, 0) is 9.59 Å². The summed E-state index contributed by atoms with van der Waals surface area (Å²) in [6.45, 7) is 6.89. The number of aryl methyl sites for hydroxylation is 1. The molecule has 4 nitrogen and oxygen atoms in total. The molecule has 2 rings (SSSR count). The first-order chi connectivity index (χ1) is 10.4. The Morgan fingerprint density at radius 2 is 1.91 bits per heavy atom. The van der Waals surface area contributed by atoms with E-state index < -0.39 is 0 Å². The standard InChI is InChI=1S/C17H22ClNO3/c1-11(2)16(20)19-8-6-13(7-9-19)17(21)22-15-5-4-14(18)10-12(15)3/h4-5,10-11,13H,6-9H2,1-3H3. The van der Waals surface area contributed by atoms with Gasteiger partial charge < -0.3 is 9.64 Å². The van der Waals surface area contributed by atoms with Crippen LogP contribution in [0.25, 0.3) is 0 Å². The van der Waals surface area contributed by atoms with Crippen molar-refractivity contribution >= 4 is 23.5 Å². The van der Waals surface area contributed by atoms with E-state index in [0.29, 0.717) is 36.7 Å². The SMILES string of the molecule is Cc1cc(Cl)ccc1OC(=O)C1CCN(C(=O)C(C)C)CC1. The van der Waals surface area contributed by atoms with E-state index in [0.717, 1.165) is 5.56 Å². The predicted octanol–water partition coefficient (Wildman–Crippen LogP) is 3.45. The van der Waals surface area contributed by atoms with E-state index in [4.69, 9.17) is 16.3 Å². The summed E-state index contributed by atoms with van der Waals surface area (Å²) >= 11 is 5.90. The maximum atomic E-state index is 12.3. The smallest absolute Gasteiger partial charge is 0.314 e. The number of ether oxygens (including phenoxy) is 1. The first kappa shape index (κ1) is 16.8. The number of nitrogens with zero attached hydrogens (tertiary/aromatic N) is 1. The summed E-state index contributed by atoms with van der Waals surface area (Å²) < 4.78 is 5.48. The van der Waals surface area contributed by atoms with Gasteiger partial charge in [-0.1, -0.05) is 25.4 Å². The number of carbonyl (C=O) groups is 2. The second-order valence-electron chi connectivity index (χ2n) is 6.09. The average molecular weight is 324 g/mol. The van der Waals surface area contributed by atoms with E-state index in [1.807, 2.05) is 25.7 Å². The summed E-state index contributed by atoms with van der Waals surface area (Å²) in [5.41, 5.74) is 0.841. The second-order valence-corrected chi connectivity index (χ2v) is 6.52. The third kappa shape index (κ3) is 4.01.